The summed E-state index contributed by atoms with van der Waals surface area (Å²) in [4.78, 5) is 17.2. The molecule has 1 saturated carbocycles. The highest BCUT2D eigenvalue weighted by atomic mass is 32.2. The largest absolute Gasteiger partial charge is 0.350 e. The Balaban J connectivity index is 1.45. The number of aromatic nitrogens is 1. The Morgan fingerprint density at radius 3 is 2.59 bits per heavy atom. The fourth-order valence-electron chi connectivity index (χ4n) is 4.42. The second kappa shape index (κ2) is 7.88. The van der Waals surface area contributed by atoms with Crippen LogP contribution in [0.3, 0.4) is 0 Å². The monoisotopic (exact) mass is 413 g/mol. The number of nitrogens with zero attached hydrogens (tertiary/aromatic N) is 2. The van der Waals surface area contributed by atoms with Crippen molar-refractivity contribution >= 4 is 15.9 Å². The van der Waals surface area contributed by atoms with Crippen LogP contribution in [0, 0.1) is 18.3 Å². The minimum atomic E-state index is -3.47. The topological polar surface area (TPSA) is 79.4 Å². The van der Waals surface area contributed by atoms with E-state index < -0.39 is 10.0 Å². The van der Waals surface area contributed by atoms with E-state index >= 15 is 0 Å². The molecule has 4 rings (SSSR count). The van der Waals surface area contributed by atoms with Crippen molar-refractivity contribution in [2.75, 3.05) is 13.1 Å². The van der Waals surface area contributed by atoms with Crippen LogP contribution in [-0.2, 0) is 27.1 Å². The first-order valence-electron chi connectivity index (χ1n) is 10.1. The molecule has 29 heavy (non-hydrogen) atoms. The predicted octanol–water partition coefficient (Wildman–Crippen LogP) is 2.64. The normalized spacial score (nSPS) is 21.1. The van der Waals surface area contributed by atoms with Crippen LogP contribution in [0.5, 0.6) is 0 Å². The lowest BCUT2D eigenvalue weighted by Crippen LogP contribution is -2.45. The molecule has 6 nitrogen and oxygen atoms in total. The zero-order valence-corrected chi connectivity index (χ0v) is 17.5. The molecule has 2 aromatic rings. The van der Waals surface area contributed by atoms with Crippen molar-refractivity contribution < 1.29 is 13.2 Å². The Morgan fingerprint density at radius 1 is 1.21 bits per heavy atom. The molecule has 1 aromatic carbocycles. The highest BCUT2D eigenvalue weighted by Crippen LogP contribution is 2.52. The van der Waals surface area contributed by atoms with Gasteiger partial charge in [-0.1, -0.05) is 42.3 Å². The van der Waals surface area contributed by atoms with Crippen molar-refractivity contribution in [2.24, 2.45) is 11.3 Å². The number of nitrogens with one attached hydrogen (secondary N) is 1. The fraction of sp³-hybridized carbons (Fsp3) is 0.455. The molecule has 2 heterocycles. The van der Waals surface area contributed by atoms with Crippen molar-refractivity contribution in [2.45, 2.75) is 38.5 Å². The summed E-state index contributed by atoms with van der Waals surface area (Å²) in [6.07, 6.45) is 4.57. The Labute approximate surface area is 172 Å². The summed E-state index contributed by atoms with van der Waals surface area (Å²) in [6.45, 7) is 3.06. The molecule has 1 atom stereocenters. The van der Waals surface area contributed by atoms with Crippen molar-refractivity contribution in [1.82, 2.24) is 14.6 Å². The van der Waals surface area contributed by atoms with E-state index in [1.54, 1.807) is 6.20 Å². The van der Waals surface area contributed by atoms with Gasteiger partial charge >= 0.3 is 0 Å². The molecule has 1 saturated heterocycles. The number of carbonyl (C=O) groups excluding carboxylic acids is 1. The van der Waals surface area contributed by atoms with E-state index in [0.717, 1.165) is 36.1 Å². The molecule has 7 heteroatoms. The third-order valence-electron chi connectivity index (χ3n) is 6.32. The van der Waals surface area contributed by atoms with E-state index in [0.29, 0.717) is 13.1 Å². The van der Waals surface area contributed by atoms with Crippen LogP contribution < -0.4 is 5.32 Å². The van der Waals surface area contributed by atoms with Gasteiger partial charge in [-0.2, -0.15) is 0 Å². The standard InChI is InChI=1S/C22H27N3O3S/c1-17-6-8-18(9-7-17)15-29(27,28)25-14-20(22(16-25)10-4-11-22)21(26)24-13-19-5-2-3-12-23-19/h2-3,5-9,12,20H,4,10-11,13-16H2,1H3,(H,24,26). The summed E-state index contributed by atoms with van der Waals surface area (Å²) in [5.41, 5.74) is 2.46. The van der Waals surface area contributed by atoms with Gasteiger partial charge in [0.05, 0.1) is 23.9 Å². The summed E-state index contributed by atoms with van der Waals surface area (Å²) >= 11 is 0. The summed E-state index contributed by atoms with van der Waals surface area (Å²) in [5, 5.41) is 2.97. The Kier molecular flexibility index (Phi) is 5.44. The average Bonchev–Trinajstić information content (AvgIpc) is 3.11. The fourth-order valence-corrected chi connectivity index (χ4v) is 6.05. The second-order valence-electron chi connectivity index (χ2n) is 8.34. The summed E-state index contributed by atoms with van der Waals surface area (Å²) < 4.78 is 27.6. The molecule has 1 aliphatic heterocycles. The van der Waals surface area contributed by atoms with Crippen LogP contribution in [0.15, 0.2) is 48.7 Å². The number of hydrogen-bond acceptors (Lipinski definition) is 4. The highest BCUT2D eigenvalue weighted by Gasteiger charge is 2.55. The molecule has 0 bridgehead atoms. The maximum atomic E-state index is 13.0. The average molecular weight is 414 g/mol. The number of benzene rings is 1. The maximum Gasteiger partial charge on any atom is 0.225 e. The third kappa shape index (κ3) is 4.21. The minimum absolute atomic E-state index is 0.0222. The first kappa shape index (κ1) is 20.0. The van der Waals surface area contributed by atoms with Gasteiger partial charge in [0.15, 0.2) is 0 Å². The molecule has 2 fully saturated rings. The Hall–Kier alpha value is -2.25. The zero-order chi connectivity index (χ0) is 20.5. The van der Waals surface area contributed by atoms with E-state index in [-0.39, 0.29) is 29.5 Å². The van der Waals surface area contributed by atoms with E-state index in [1.807, 2.05) is 49.4 Å². The third-order valence-corrected chi connectivity index (χ3v) is 8.08. The first-order valence-corrected chi connectivity index (χ1v) is 11.7. The van der Waals surface area contributed by atoms with Crippen molar-refractivity contribution in [3.8, 4) is 0 Å². The van der Waals surface area contributed by atoms with Gasteiger partial charge in [-0.05, 0) is 42.9 Å². The quantitative estimate of drug-likeness (QED) is 0.790. The smallest absolute Gasteiger partial charge is 0.225 e. The lowest BCUT2D eigenvalue weighted by atomic mass is 9.62. The zero-order valence-electron chi connectivity index (χ0n) is 16.7. The molecule has 2 aliphatic rings. The van der Waals surface area contributed by atoms with Crippen LogP contribution in [0.2, 0.25) is 0 Å². The molecule has 154 valence electrons. The second-order valence-corrected chi connectivity index (χ2v) is 10.3. The molecule has 1 amide bonds. The molecular weight excluding hydrogens is 386 g/mol. The molecule has 1 aliphatic carbocycles. The Morgan fingerprint density at radius 2 is 1.97 bits per heavy atom. The number of sulfonamides is 1. The lowest BCUT2D eigenvalue weighted by molar-refractivity contribution is -0.129. The van der Waals surface area contributed by atoms with Crippen molar-refractivity contribution in [3.63, 3.8) is 0 Å². The van der Waals surface area contributed by atoms with E-state index in [2.05, 4.69) is 10.3 Å². The number of rotatable bonds is 6. The lowest BCUT2D eigenvalue weighted by Gasteiger charge is -2.42. The van der Waals surface area contributed by atoms with E-state index in [9.17, 15) is 13.2 Å². The van der Waals surface area contributed by atoms with Crippen LogP contribution in [0.4, 0.5) is 0 Å². The van der Waals surface area contributed by atoms with Gasteiger partial charge in [0.2, 0.25) is 15.9 Å². The molecule has 1 spiro atoms. The number of hydrogen-bond donors (Lipinski definition) is 1. The van der Waals surface area contributed by atoms with Crippen LogP contribution in [0.1, 0.15) is 36.1 Å². The number of aryl methyl sites for hydroxylation is 1. The van der Waals surface area contributed by atoms with Crippen molar-refractivity contribution in [1.29, 1.82) is 0 Å². The van der Waals surface area contributed by atoms with Crippen LogP contribution in [0.25, 0.3) is 0 Å². The van der Waals surface area contributed by atoms with Gasteiger partial charge in [0.1, 0.15) is 0 Å². The predicted molar refractivity (Wildman–Crippen MR) is 111 cm³/mol. The minimum Gasteiger partial charge on any atom is -0.350 e. The molecule has 1 unspecified atom stereocenters. The van der Waals surface area contributed by atoms with Gasteiger partial charge in [-0.3, -0.25) is 9.78 Å². The first-order chi connectivity index (χ1) is 13.9. The number of amides is 1. The summed E-state index contributed by atoms with van der Waals surface area (Å²) in [7, 11) is -3.47. The number of pyridine rings is 1. The van der Waals surface area contributed by atoms with E-state index in [1.165, 1.54) is 4.31 Å². The highest BCUT2D eigenvalue weighted by molar-refractivity contribution is 7.88. The van der Waals surface area contributed by atoms with Gasteiger partial charge in [0, 0.05) is 19.3 Å². The Bertz CT molecular complexity index is 970. The maximum absolute atomic E-state index is 13.0. The molecular formula is C22H27N3O3S. The van der Waals surface area contributed by atoms with Crippen LogP contribution in [-0.4, -0.2) is 36.7 Å². The molecule has 1 N–H and O–H groups in total. The SMILES string of the molecule is Cc1ccc(CS(=O)(=O)N2CC(C(=O)NCc3ccccn3)C3(CCC3)C2)cc1. The van der Waals surface area contributed by atoms with Gasteiger partial charge in [0.25, 0.3) is 0 Å². The number of carbonyl (C=O) groups is 1. The van der Waals surface area contributed by atoms with E-state index in [4.69, 9.17) is 0 Å². The van der Waals surface area contributed by atoms with Crippen molar-refractivity contribution in [3.05, 3.63) is 65.5 Å². The van der Waals surface area contributed by atoms with Crippen LogP contribution >= 0.6 is 0 Å². The summed E-state index contributed by atoms with van der Waals surface area (Å²) in [6, 6.07) is 13.2. The summed E-state index contributed by atoms with van der Waals surface area (Å²) in [5.74, 6) is -0.387. The molecule has 1 aromatic heterocycles. The molecule has 0 radical (unpaired) electrons. The van der Waals surface area contributed by atoms with Gasteiger partial charge in [-0.15, -0.1) is 0 Å². The van der Waals surface area contributed by atoms with Gasteiger partial charge in [-0.25, -0.2) is 12.7 Å². The van der Waals surface area contributed by atoms with Gasteiger partial charge < -0.3 is 5.32 Å².